The molecule has 146 valence electrons. The van der Waals surface area contributed by atoms with Crippen LogP contribution < -0.4 is 10.2 Å². The lowest BCUT2D eigenvalue weighted by atomic mass is 9.97. The van der Waals surface area contributed by atoms with Gasteiger partial charge in [-0.2, -0.15) is 0 Å². The molecule has 2 amide bonds. The molecule has 2 fully saturated rings. The van der Waals surface area contributed by atoms with Crippen LogP contribution in [0.5, 0.6) is 0 Å². The minimum absolute atomic E-state index is 0.00400. The van der Waals surface area contributed by atoms with Gasteiger partial charge in [0.25, 0.3) is 0 Å². The second kappa shape index (κ2) is 8.37. The topological polar surface area (TPSA) is 65.1 Å². The first kappa shape index (κ1) is 18.4. The maximum Gasteiger partial charge on any atom is 0.244 e. The summed E-state index contributed by atoms with van der Waals surface area (Å²) in [5, 5.41) is 2.84. The molecule has 3 aliphatic rings. The van der Waals surface area contributed by atoms with Crippen molar-refractivity contribution in [2.75, 3.05) is 69.2 Å². The molecule has 0 saturated carbocycles. The zero-order chi connectivity index (χ0) is 18.6. The number of ether oxygens (including phenoxy) is 1. The van der Waals surface area contributed by atoms with Crippen LogP contribution in [0.2, 0.25) is 0 Å². The molecule has 1 aromatic carbocycles. The Hall–Kier alpha value is -1.96. The summed E-state index contributed by atoms with van der Waals surface area (Å²) >= 11 is 0. The molecule has 7 heteroatoms. The van der Waals surface area contributed by atoms with Crippen LogP contribution in [0.15, 0.2) is 24.3 Å². The average Bonchev–Trinajstić information content (AvgIpc) is 2.68. The van der Waals surface area contributed by atoms with Gasteiger partial charge in [0.1, 0.15) is 6.54 Å². The lowest BCUT2D eigenvalue weighted by Gasteiger charge is -2.37. The normalized spacial score (nSPS) is 24.4. The summed E-state index contributed by atoms with van der Waals surface area (Å²) in [7, 11) is 0. The van der Waals surface area contributed by atoms with E-state index >= 15 is 0 Å². The molecule has 0 radical (unpaired) electrons. The standard InChI is InChI=1S/C20H28N4O3/c25-19-14-24(18-6-2-1-5-17(18)21-19)20(26)15-23-7-3-4-16(13-23)12-22-8-10-27-11-9-22/h1-2,5-6,16H,3-4,7-15H2,(H,21,25). The molecule has 0 aromatic heterocycles. The molecular weight excluding hydrogens is 344 g/mol. The summed E-state index contributed by atoms with van der Waals surface area (Å²) in [4.78, 5) is 31.3. The average molecular weight is 372 g/mol. The number of morpholine rings is 1. The molecule has 7 nitrogen and oxygen atoms in total. The smallest absolute Gasteiger partial charge is 0.244 e. The van der Waals surface area contributed by atoms with E-state index in [0.29, 0.717) is 18.2 Å². The highest BCUT2D eigenvalue weighted by molar-refractivity contribution is 6.10. The predicted molar refractivity (Wildman–Crippen MR) is 104 cm³/mol. The van der Waals surface area contributed by atoms with E-state index in [2.05, 4.69) is 15.1 Å². The largest absolute Gasteiger partial charge is 0.379 e. The number of anilines is 2. The van der Waals surface area contributed by atoms with Crippen LogP contribution in [-0.4, -0.2) is 80.6 Å². The van der Waals surface area contributed by atoms with Crippen LogP contribution in [0.1, 0.15) is 12.8 Å². The first-order valence-electron chi connectivity index (χ1n) is 9.91. The van der Waals surface area contributed by atoms with Crippen LogP contribution in [-0.2, 0) is 14.3 Å². The van der Waals surface area contributed by atoms with Crippen molar-refractivity contribution in [3.8, 4) is 0 Å². The van der Waals surface area contributed by atoms with Crippen LogP contribution in [0.4, 0.5) is 11.4 Å². The second-order valence-corrected chi connectivity index (χ2v) is 7.70. The Labute approximate surface area is 160 Å². The van der Waals surface area contributed by atoms with Crippen molar-refractivity contribution in [1.82, 2.24) is 9.80 Å². The monoisotopic (exact) mass is 372 g/mol. The van der Waals surface area contributed by atoms with Crippen molar-refractivity contribution in [2.45, 2.75) is 12.8 Å². The van der Waals surface area contributed by atoms with E-state index < -0.39 is 0 Å². The van der Waals surface area contributed by atoms with Crippen molar-refractivity contribution in [3.05, 3.63) is 24.3 Å². The number of para-hydroxylation sites is 2. The highest BCUT2D eigenvalue weighted by Gasteiger charge is 2.29. The molecule has 2 saturated heterocycles. The molecule has 0 bridgehead atoms. The molecule has 1 N–H and O–H groups in total. The minimum Gasteiger partial charge on any atom is -0.379 e. The zero-order valence-corrected chi connectivity index (χ0v) is 15.7. The number of amides is 2. The van der Waals surface area contributed by atoms with E-state index in [1.165, 1.54) is 6.42 Å². The number of carbonyl (C=O) groups excluding carboxylic acids is 2. The van der Waals surface area contributed by atoms with Crippen molar-refractivity contribution in [2.24, 2.45) is 5.92 Å². The summed E-state index contributed by atoms with van der Waals surface area (Å²) in [5.41, 5.74) is 1.51. The van der Waals surface area contributed by atoms with Gasteiger partial charge in [-0.25, -0.2) is 0 Å². The highest BCUT2D eigenvalue weighted by Crippen LogP contribution is 2.29. The number of nitrogens with one attached hydrogen (secondary N) is 1. The molecule has 0 aliphatic carbocycles. The zero-order valence-electron chi connectivity index (χ0n) is 15.7. The van der Waals surface area contributed by atoms with E-state index in [9.17, 15) is 9.59 Å². The van der Waals surface area contributed by atoms with Gasteiger partial charge in [-0.05, 0) is 37.4 Å². The quantitative estimate of drug-likeness (QED) is 0.855. The maximum atomic E-state index is 12.9. The number of piperidine rings is 1. The number of hydrogen-bond acceptors (Lipinski definition) is 5. The lowest BCUT2D eigenvalue weighted by Crippen LogP contribution is -2.49. The summed E-state index contributed by atoms with van der Waals surface area (Å²) in [6.07, 6.45) is 2.34. The summed E-state index contributed by atoms with van der Waals surface area (Å²) < 4.78 is 5.43. The number of benzene rings is 1. The van der Waals surface area contributed by atoms with Crippen molar-refractivity contribution >= 4 is 23.2 Å². The molecular formula is C20H28N4O3. The Kier molecular flexibility index (Phi) is 5.71. The number of hydrogen-bond donors (Lipinski definition) is 1. The van der Waals surface area contributed by atoms with Crippen LogP contribution in [0.25, 0.3) is 0 Å². The van der Waals surface area contributed by atoms with E-state index in [-0.39, 0.29) is 18.4 Å². The fraction of sp³-hybridized carbons (Fsp3) is 0.600. The lowest BCUT2D eigenvalue weighted by molar-refractivity contribution is -0.123. The van der Waals surface area contributed by atoms with Gasteiger partial charge < -0.3 is 10.1 Å². The Morgan fingerprint density at radius 3 is 2.81 bits per heavy atom. The van der Waals surface area contributed by atoms with Gasteiger partial charge in [-0.3, -0.25) is 24.3 Å². The molecule has 3 heterocycles. The van der Waals surface area contributed by atoms with Gasteiger partial charge in [0, 0.05) is 26.2 Å². The van der Waals surface area contributed by atoms with Crippen molar-refractivity contribution in [3.63, 3.8) is 0 Å². The second-order valence-electron chi connectivity index (χ2n) is 7.70. The molecule has 3 aliphatic heterocycles. The number of carbonyl (C=O) groups is 2. The molecule has 1 aromatic rings. The number of nitrogens with zero attached hydrogens (tertiary/aromatic N) is 3. The first-order chi connectivity index (χ1) is 13.2. The fourth-order valence-corrected chi connectivity index (χ4v) is 4.33. The van der Waals surface area contributed by atoms with Crippen molar-refractivity contribution < 1.29 is 14.3 Å². The van der Waals surface area contributed by atoms with Gasteiger partial charge in [-0.15, -0.1) is 0 Å². The third-order valence-corrected chi connectivity index (χ3v) is 5.65. The fourth-order valence-electron chi connectivity index (χ4n) is 4.33. The number of likely N-dealkylation sites (tertiary alicyclic amines) is 1. The van der Waals surface area contributed by atoms with Gasteiger partial charge in [0.15, 0.2) is 0 Å². The number of fused-ring (bicyclic) bond motifs is 1. The number of rotatable bonds is 4. The maximum absolute atomic E-state index is 12.9. The van der Waals surface area contributed by atoms with Gasteiger partial charge in [0.2, 0.25) is 11.8 Å². The Balaban J connectivity index is 1.35. The minimum atomic E-state index is -0.133. The van der Waals surface area contributed by atoms with E-state index in [1.807, 2.05) is 24.3 Å². The van der Waals surface area contributed by atoms with Crippen molar-refractivity contribution in [1.29, 1.82) is 0 Å². The Morgan fingerprint density at radius 2 is 1.96 bits per heavy atom. The van der Waals surface area contributed by atoms with Gasteiger partial charge in [-0.1, -0.05) is 12.1 Å². The van der Waals surface area contributed by atoms with E-state index in [1.54, 1.807) is 4.90 Å². The Bertz CT molecular complexity index is 690. The summed E-state index contributed by atoms with van der Waals surface area (Å²) in [5.74, 6) is 0.469. The third kappa shape index (κ3) is 4.48. The summed E-state index contributed by atoms with van der Waals surface area (Å²) in [6, 6.07) is 7.50. The van der Waals surface area contributed by atoms with Gasteiger partial charge in [0.05, 0.1) is 31.1 Å². The van der Waals surface area contributed by atoms with E-state index in [0.717, 1.165) is 58.0 Å². The Morgan fingerprint density at radius 1 is 1.15 bits per heavy atom. The molecule has 4 rings (SSSR count). The first-order valence-corrected chi connectivity index (χ1v) is 9.91. The molecule has 0 spiro atoms. The van der Waals surface area contributed by atoms with E-state index in [4.69, 9.17) is 4.74 Å². The van der Waals surface area contributed by atoms with Crippen LogP contribution in [0, 0.1) is 5.92 Å². The third-order valence-electron chi connectivity index (χ3n) is 5.65. The van der Waals surface area contributed by atoms with Gasteiger partial charge >= 0.3 is 0 Å². The predicted octanol–water partition coefficient (Wildman–Crippen LogP) is 1.02. The highest BCUT2D eigenvalue weighted by atomic mass is 16.5. The van der Waals surface area contributed by atoms with Crippen LogP contribution in [0.3, 0.4) is 0 Å². The van der Waals surface area contributed by atoms with Crippen LogP contribution >= 0.6 is 0 Å². The summed E-state index contributed by atoms with van der Waals surface area (Å²) in [6.45, 7) is 7.13. The molecule has 1 unspecified atom stereocenters. The SMILES string of the molecule is O=C1CN(C(=O)CN2CCCC(CN3CCOCC3)C2)c2ccccc2N1. The molecule has 27 heavy (non-hydrogen) atoms. The molecule has 1 atom stereocenters.